The molecule has 2 heterocycles. The molecule has 160 valence electrons. The third-order valence-corrected chi connectivity index (χ3v) is 5.87. The van der Waals surface area contributed by atoms with Gasteiger partial charge in [0.15, 0.2) is 5.78 Å². The van der Waals surface area contributed by atoms with Gasteiger partial charge in [0.05, 0.1) is 28.9 Å². The summed E-state index contributed by atoms with van der Waals surface area (Å²) in [5.41, 5.74) is 2.95. The summed E-state index contributed by atoms with van der Waals surface area (Å²) in [4.78, 5) is 16.8. The molecular formula is C23H21Cl2N3O3. The lowest BCUT2D eigenvalue weighted by Crippen LogP contribution is -2.01. The zero-order valence-electron chi connectivity index (χ0n) is 17.2. The lowest BCUT2D eigenvalue weighted by molar-refractivity contribution is 0.0979. The number of unbranched alkanes of at least 4 members (excludes halogenated alkanes) is 1. The maximum absolute atomic E-state index is 12.7. The first-order chi connectivity index (χ1) is 15.0. The summed E-state index contributed by atoms with van der Waals surface area (Å²) < 4.78 is 12.9. The number of nitrogens with zero attached hydrogens (tertiary/aromatic N) is 3. The Bertz CT molecular complexity index is 1250. The Balaban J connectivity index is 1.40. The molecule has 31 heavy (non-hydrogen) atoms. The molecule has 0 aliphatic rings. The first-order valence-electron chi connectivity index (χ1n) is 9.93. The lowest BCUT2D eigenvalue weighted by Gasteiger charge is -2.08. The summed E-state index contributed by atoms with van der Waals surface area (Å²) in [7, 11) is 1.56. The summed E-state index contributed by atoms with van der Waals surface area (Å²) in [5.74, 6) is 1.76. The SMILES string of the molecule is COc1cc(C(=O)CCCCc2ccc(Cl)c(Cl)c2)ccc1-c1nn2c(C)ncc2o1. The second-order valence-corrected chi connectivity index (χ2v) is 8.07. The second kappa shape index (κ2) is 9.12. The van der Waals surface area contributed by atoms with Gasteiger partial charge in [0.2, 0.25) is 11.6 Å². The average molecular weight is 458 g/mol. The van der Waals surface area contributed by atoms with Crippen LogP contribution >= 0.6 is 23.2 Å². The van der Waals surface area contributed by atoms with Gasteiger partial charge in [-0.05, 0) is 56.0 Å². The van der Waals surface area contributed by atoms with Crippen molar-refractivity contribution < 1.29 is 13.9 Å². The van der Waals surface area contributed by atoms with Gasteiger partial charge in [-0.3, -0.25) is 4.79 Å². The number of fused-ring (bicyclic) bond motifs is 1. The van der Waals surface area contributed by atoms with Crippen LogP contribution in [0.2, 0.25) is 10.0 Å². The van der Waals surface area contributed by atoms with Gasteiger partial charge >= 0.3 is 0 Å². The van der Waals surface area contributed by atoms with E-state index in [0.717, 1.165) is 30.7 Å². The van der Waals surface area contributed by atoms with Crippen LogP contribution in [0.1, 0.15) is 41.0 Å². The highest BCUT2D eigenvalue weighted by Crippen LogP contribution is 2.31. The Morgan fingerprint density at radius 2 is 1.97 bits per heavy atom. The fraction of sp³-hybridized carbons (Fsp3) is 0.261. The van der Waals surface area contributed by atoms with Gasteiger partial charge in [0.1, 0.15) is 11.6 Å². The highest BCUT2D eigenvalue weighted by Gasteiger charge is 2.17. The van der Waals surface area contributed by atoms with E-state index in [4.69, 9.17) is 32.4 Å². The molecule has 0 atom stereocenters. The summed E-state index contributed by atoms with van der Waals surface area (Å²) in [6.07, 6.45) is 4.58. The van der Waals surface area contributed by atoms with Gasteiger partial charge in [-0.1, -0.05) is 35.3 Å². The predicted octanol–water partition coefficient (Wildman–Crippen LogP) is 6.21. The van der Waals surface area contributed by atoms with Crippen LogP contribution in [-0.4, -0.2) is 27.5 Å². The van der Waals surface area contributed by atoms with Crippen molar-refractivity contribution in [3.63, 3.8) is 0 Å². The minimum atomic E-state index is 0.0690. The summed E-state index contributed by atoms with van der Waals surface area (Å²) in [6, 6.07) is 10.9. The molecule has 2 aromatic heterocycles. The number of benzene rings is 2. The van der Waals surface area contributed by atoms with Crippen molar-refractivity contribution in [1.82, 2.24) is 14.6 Å². The van der Waals surface area contributed by atoms with Gasteiger partial charge < -0.3 is 9.15 Å². The van der Waals surface area contributed by atoms with Crippen molar-refractivity contribution in [2.24, 2.45) is 0 Å². The normalized spacial score (nSPS) is 11.2. The summed E-state index contributed by atoms with van der Waals surface area (Å²) >= 11 is 12.0. The van der Waals surface area contributed by atoms with Crippen LogP contribution in [0.15, 0.2) is 47.0 Å². The zero-order chi connectivity index (χ0) is 22.0. The van der Waals surface area contributed by atoms with Gasteiger partial charge in [0, 0.05) is 12.0 Å². The van der Waals surface area contributed by atoms with Gasteiger partial charge in [-0.25, -0.2) is 4.98 Å². The van der Waals surface area contributed by atoms with E-state index in [1.807, 2.05) is 19.1 Å². The first kappa shape index (κ1) is 21.4. The number of imidazole rings is 1. The Morgan fingerprint density at radius 3 is 2.71 bits per heavy atom. The minimum Gasteiger partial charge on any atom is -0.496 e. The Kier molecular flexibility index (Phi) is 6.30. The smallest absolute Gasteiger partial charge is 0.250 e. The number of hydrogen-bond donors (Lipinski definition) is 0. The maximum Gasteiger partial charge on any atom is 0.250 e. The van der Waals surface area contributed by atoms with E-state index in [1.165, 1.54) is 0 Å². The monoisotopic (exact) mass is 457 g/mol. The highest BCUT2D eigenvalue weighted by molar-refractivity contribution is 6.42. The van der Waals surface area contributed by atoms with Gasteiger partial charge in [0.25, 0.3) is 0 Å². The van der Waals surface area contributed by atoms with Gasteiger partial charge in [-0.2, -0.15) is 4.52 Å². The molecule has 0 amide bonds. The molecule has 0 bridgehead atoms. The predicted molar refractivity (Wildman–Crippen MR) is 120 cm³/mol. The largest absolute Gasteiger partial charge is 0.496 e. The fourth-order valence-corrected chi connectivity index (χ4v) is 3.74. The Hall–Kier alpha value is -2.83. The van der Waals surface area contributed by atoms with Crippen LogP contribution in [0.5, 0.6) is 5.75 Å². The van der Waals surface area contributed by atoms with Crippen LogP contribution in [0.3, 0.4) is 0 Å². The van der Waals surface area contributed by atoms with Crippen molar-refractivity contribution in [3.8, 4) is 17.2 Å². The first-order valence-corrected chi connectivity index (χ1v) is 10.7. The average Bonchev–Trinajstić information content (AvgIpc) is 3.35. The summed E-state index contributed by atoms with van der Waals surface area (Å²) in [5, 5.41) is 5.53. The number of hydrogen-bond acceptors (Lipinski definition) is 5. The van der Waals surface area contributed by atoms with Crippen molar-refractivity contribution in [3.05, 3.63) is 69.6 Å². The third kappa shape index (κ3) is 4.60. The molecule has 0 N–H and O–H groups in total. The fourth-order valence-electron chi connectivity index (χ4n) is 3.42. The van der Waals surface area contributed by atoms with Crippen LogP contribution in [0.4, 0.5) is 0 Å². The number of ketones is 1. The van der Waals surface area contributed by atoms with Crippen molar-refractivity contribution in [1.29, 1.82) is 0 Å². The van der Waals surface area contributed by atoms with Crippen molar-refractivity contribution in [2.45, 2.75) is 32.6 Å². The minimum absolute atomic E-state index is 0.0690. The second-order valence-electron chi connectivity index (χ2n) is 7.26. The number of Topliss-reactive ketones (excluding diaryl/α,β-unsaturated/α-hetero) is 1. The van der Waals surface area contributed by atoms with E-state index in [-0.39, 0.29) is 5.78 Å². The van der Waals surface area contributed by atoms with E-state index in [1.54, 1.807) is 42.1 Å². The molecule has 2 aromatic carbocycles. The molecule has 4 rings (SSSR count). The molecule has 0 spiro atoms. The highest BCUT2D eigenvalue weighted by atomic mass is 35.5. The van der Waals surface area contributed by atoms with E-state index in [2.05, 4.69) is 10.1 Å². The Labute approximate surface area is 189 Å². The molecular weight excluding hydrogens is 437 g/mol. The van der Waals surface area contributed by atoms with Crippen molar-refractivity contribution in [2.75, 3.05) is 7.11 Å². The zero-order valence-corrected chi connectivity index (χ0v) is 18.7. The molecule has 0 aliphatic carbocycles. The number of halogens is 2. The van der Waals surface area contributed by atoms with E-state index < -0.39 is 0 Å². The van der Waals surface area contributed by atoms with Crippen LogP contribution in [0.25, 0.3) is 17.2 Å². The number of aromatic nitrogens is 3. The van der Waals surface area contributed by atoms with Gasteiger partial charge in [-0.15, -0.1) is 5.10 Å². The molecule has 4 aromatic rings. The quantitative estimate of drug-likeness (QED) is 0.232. The topological polar surface area (TPSA) is 69.6 Å². The standard InChI is InChI=1S/C23H21Cl2N3O3/c1-14-26-13-22-28(14)27-23(31-22)17-9-8-16(12-21(17)30-2)20(29)6-4-3-5-15-7-10-18(24)19(25)11-15/h7-13H,3-6H2,1-2H3. The van der Waals surface area contributed by atoms with Crippen LogP contribution in [0, 0.1) is 6.92 Å². The molecule has 0 unspecified atom stereocenters. The number of ether oxygens (including phenoxy) is 1. The van der Waals surface area contributed by atoms with Crippen LogP contribution in [-0.2, 0) is 6.42 Å². The van der Waals surface area contributed by atoms with Crippen LogP contribution < -0.4 is 4.74 Å². The molecule has 0 saturated carbocycles. The number of carbonyl (C=O) groups is 1. The maximum atomic E-state index is 12.7. The van der Waals surface area contributed by atoms with Crippen molar-refractivity contribution >= 4 is 34.7 Å². The molecule has 6 nitrogen and oxygen atoms in total. The summed E-state index contributed by atoms with van der Waals surface area (Å²) in [6.45, 7) is 1.85. The molecule has 0 saturated heterocycles. The number of methoxy groups -OCH3 is 1. The van der Waals surface area contributed by atoms with E-state index in [0.29, 0.717) is 44.9 Å². The molecule has 0 fully saturated rings. The third-order valence-electron chi connectivity index (χ3n) is 5.13. The lowest BCUT2D eigenvalue weighted by atomic mass is 10.0. The number of aryl methyl sites for hydroxylation is 2. The molecule has 8 heteroatoms. The molecule has 0 aliphatic heterocycles. The van der Waals surface area contributed by atoms with E-state index >= 15 is 0 Å². The number of carbonyl (C=O) groups excluding carboxylic acids is 1. The molecule has 0 radical (unpaired) electrons. The van der Waals surface area contributed by atoms with E-state index in [9.17, 15) is 4.79 Å². The Morgan fingerprint density at radius 1 is 1.13 bits per heavy atom. The number of rotatable bonds is 8.